The molecule has 0 unspecified atom stereocenters. The first-order valence-corrected chi connectivity index (χ1v) is 11.7. The molecule has 2 aromatic carbocycles. The summed E-state index contributed by atoms with van der Waals surface area (Å²) in [5, 5.41) is 5.62. The molecular weight excluding hydrogens is 430 g/mol. The van der Waals surface area contributed by atoms with E-state index < -0.39 is 0 Å². The summed E-state index contributed by atoms with van der Waals surface area (Å²) in [6, 6.07) is 19.1. The Balaban J connectivity index is 1.22. The van der Waals surface area contributed by atoms with Crippen LogP contribution in [-0.4, -0.2) is 31.5 Å². The summed E-state index contributed by atoms with van der Waals surface area (Å²) in [4.78, 5) is 26.7. The van der Waals surface area contributed by atoms with E-state index in [1.165, 1.54) is 44.1 Å². The van der Waals surface area contributed by atoms with E-state index in [4.69, 9.17) is 9.15 Å². The summed E-state index contributed by atoms with van der Waals surface area (Å²) in [7, 11) is 2.17. The van der Waals surface area contributed by atoms with Crippen LogP contribution in [0.1, 0.15) is 48.2 Å². The number of benzene rings is 2. The van der Waals surface area contributed by atoms with E-state index in [9.17, 15) is 9.59 Å². The summed E-state index contributed by atoms with van der Waals surface area (Å²) in [6.45, 7) is 0.326. The van der Waals surface area contributed by atoms with Crippen molar-refractivity contribution in [2.24, 2.45) is 0 Å². The van der Waals surface area contributed by atoms with Gasteiger partial charge in [-0.1, -0.05) is 37.5 Å². The van der Waals surface area contributed by atoms with Crippen molar-refractivity contribution in [1.29, 1.82) is 0 Å². The fraction of sp³-hybridized carbons (Fsp3) is 0.333. The van der Waals surface area contributed by atoms with Crippen molar-refractivity contribution in [3.05, 3.63) is 78.3 Å². The quantitative estimate of drug-likeness (QED) is 0.469. The second-order valence-electron chi connectivity index (χ2n) is 8.59. The lowest BCUT2D eigenvalue weighted by Crippen LogP contribution is -2.33. The number of hydrogen-bond acceptors (Lipinski definition) is 5. The van der Waals surface area contributed by atoms with Gasteiger partial charge in [0.15, 0.2) is 12.4 Å². The number of carbonyl (C=O) groups excluding carboxylic acids is 2. The van der Waals surface area contributed by atoms with Crippen LogP contribution in [-0.2, 0) is 11.3 Å². The smallest absolute Gasteiger partial charge is 0.291 e. The first kappa shape index (κ1) is 23.4. The minimum atomic E-state index is -0.351. The second kappa shape index (κ2) is 11.4. The Hall–Kier alpha value is -3.74. The molecule has 3 aromatic rings. The molecule has 34 heavy (non-hydrogen) atoms. The zero-order valence-corrected chi connectivity index (χ0v) is 19.5. The van der Waals surface area contributed by atoms with Crippen LogP contribution in [0.5, 0.6) is 5.75 Å². The Morgan fingerprint density at radius 1 is 1.03 bits per heavy atom. The normalized spacial score (nSPS) is 13.8. The number of anilines is 2. The van der Waals surface area contributed by atoms with Crippen LogP contribution in [0, 0.1) is 0 Å². The minimum absolute atomic E-state index is 0.113. The van der Waals surface area contributed by atoms with Crippen LogP contribution >= 0.6 is 0 Å². The standard InChI is InChI=1S/C27H31N3O4/c1-30(22-8-3-2-4-9-22)23-14-12-20(13-15-23)18-28-26(31)19-34-24-10-5-7-21(17-24)29-27(32)25-11-6-16-33-25/h5-7,10-17,22H,2-4,8-9,18-19H2,1H3,(H,28,31)(H,29,32). The molecular formula is C27H31N3O4. The summed E-state index contributed by atoms with van der Waals surface area (Å²) in [6.07, 6.45) is 7.93. The first-order valence-electron chi connectivity index (χ1n) is 11.7. The third kappa shape index (κ3) is 6.41. The van der Waals surface area contributed by atoms with E-state index >= 15 is 0 Å². The Kier molecular flexibility index (Phi) is 7.86. The fourth-order valence-corrected chi connectivity index (χ4v) is 4.19. The maximum atomic E-state index is 12.3. The Morgan fingerprint density at radius 2 is 1.82 bits per heavy atom. The van der Waals surface area contributed by atoms with Gasteiger partial charge in [-0.15, -0.1) is 0 Å². The number of nitrogens with one attached hydrogen (secondary N) is 2. The molecule has 2 amide bonds. The van der Waals surface area contributed by atoms with Gasteiger partial charge in [-0.2, -0.15) is 0 Å². The predicted molar refractivity (Wildman–Crippen MR) is 132 cm³/mol. The van der Waals surface area contributed by atoms with Crippen LogP contribution in [0.4, 0.5) is 11.4 Å². The van der Waals surface area contributed by atoms with E-state index in [0.717, 1.165) is 5.56 Å². The molecule has 1 heterocycles. The molecule has 0 atom stereocenters. The molecule has 1 fully saturated rings. The molecule has 0 aliphatic heterocycles. The van der Waals surface area contributed by atoms with Gasteiger partial charge in [-0.3, -0.25) is 9.59 Å². The van der Waals surface area contributed by atoms with Gasteiger partial charge < -0.3 is 24.7 Å². The topological polar surface area (TPSA) is 83.8 Å². The summed E-state index contributed by atoms with van der Waals surface area (Å²) in [5.74, 6) is 0.145. The number of amides is 2. The molecule has 1 saturated carbocycles. The predicted octanol–water partition coefficient (Wildman–Crippen LogP) is 5.00. The van der Waals surface area contributed by atoms with Gasteiger partial charge in [-0.05, 0) is 54.8 Å². The largest absolute Gasteiger partial charge is 0.484 e. The average molecular weight is 462 g/mol. The van der Waals surface area contributed by atoms with Crippen molar-refractivity contribution >= 4 is 23.2 Å². The maximum absolute atomic E-state index is 12.3. The zero-order valence-electron chi connectivity index (χ0n) is 19.5. The van der Waals surface area contributed by atoms with Gasteiger partial charge >= 0.3 is 0 Å². The third-order valence-corrected chi connectivity index (χ3v) is 6.16. The highest BCUT2D eigenvalue weighted by Gasteiger charge is 2.18. The van der Waals surface area contributed by atoms with Crippen molar-refractivity contribution in [2.75, 3.05) is 23.9 Å². The molecule has 4 rings (SSSR count). The van der Waals surface area contributed by atoms with Crippen LogP contribution < -0.4 is 20.3 Å². The van der Waals surface area contributed by atoms with E-state index in [1.54, 1.807) is 36.4 Å². The second-order valence-corrected chi connectivity index (χ2v) is 8.59. The van der Waals surface area contributed by atoms with Gasteiger partial charge in [0.25, 0.3) is 11.8 Å². The first-order chi connectivity index (χ1) is 16.6. The van der Waals surface area contributed by atoms with E-state index in [0.29, 0.717) is 24.0 Å². The lowest BCUT2D eigenvalue weighted by Gasteiger charge is -2.33. The van der Waals surface area contributed by atoms with Crippen molar-refractivity contribution in [1.82, 2.24) is 5.32 Å². The molecule has 1 aromatic heterocycles. The number of furan rings is 1. The summed E-state index contributed by atoms with van der Waals surface area (Å²) in [5.41, 5.74) is 2.80. The lowest BCUT2D eigenvalue weighted by atomic mass is 9.94. The molecule has 7 heteroatoms. The van der Waals surface area contributed by atoms with Crippen molar-refractivity contribution < 1.29 is 18.7 Å². The molecule has 1 aliphatic carbocycles. The van der Waals surface area contributed by atoms with Gasteiger partial charge in [0.05, 0.1) is 6.26 Å². The molecule has 0 spiro atoms. The third-order valence-electron chi connectivity index (χ3n) is 6.16. The zero-order chi connectivity index (χ0) is 23.8. The number of nitrogens with zero attached hydrogens (tertiary/aromatic N) is 1. The van der Waals surface area contributed by atoms with Crippen molar-refractivity contribution in [3.8, 4) is 5.75 Å². The van der Waals surface area contributed by atoms with Crippen molar-refractivity contribution in [3.63, 3.8) is 0 Å². The monoisotopic (exact) mass is 461 g/mol. The van der Waals surface area contributed by atoms with Gasteiger partial charge in [0.2, 0.25) is 0 Å². The number of carbonyl (C=O) groups is 2. The molecule has 0 saturated heterocycles. The molecule has 2 N–H and O–H groups in total. The van der Waals surface area contributed by atoms with Crippen LogP contribution in [0.25, 0.3) is 0 Å². The summed E-state index contributed by atoms with van der Waals surface area (Å²) >= 11 is 0. The number of ether oxygens (including phenoxy) is 1. The van der Waals surface area contributed by atoms with E-state index in [1.807, 2.05) is 0 Å². The molecule has 0 bridgehead atoms. The Bertz CT molecular complexity index is 1070. The average Bonchev–Trinajstić information content (AvgIpc) is 3.42. The van der Waals surface area contributed by atoms with Crippen molar-refractivity contribution in [2.45, 2.75) is 44.7 Å². The lowest BCUT2D eigenvalue weighted by molar-refractivity contribution is -0.123. The SMILES string of the molecule is CN(c1ccc(CNC(=O)COc2cccc(NC(=O)c3ccco3)c2)cc1)C1CCCCC1. The highest BCUT2D eigenvalue weighted by Crippen LogP contribution is 2.26. The number of hydrogen-bond donors (Lipinski definition) is 2. The summed E-state index contributed by atoms with van der Waals surface area (Å²) < 4.78 is 10.7. The van der Waals surface area contributed by atoms with Gasteiger partial charge in [-0.25, -0.2) is 0 Å². The number of rotatable bonds is 9. The van der Waals surface area contributed by atoms with E-state index in [-0.39, 0.29) is 24.2 Å². The molecule has 1 aliphatic rings. The van der Waals surface area contributed by atoms with E-state index in [2.05, 4.69) is 46.8 Å². The molecule has 7 nitrogen and oxygen atoms in total. The Labute approximate surface area is 200 Å². The minimum Gasteiger partial charge on any atom is -0.484 e. The maximum Gasteiger partial charge on any atom is 0.291 e. The Morgan fingerprint density at radius 3 is 2.56 bits per heavy atom. The van der Waals surface area contributed by atoms with Gasteiger partial charge in [0, 0.05) is 37.1 Å². The molecule has 0 radical (unpaired) electrons. The van der Waals surface area contributed by atoms with Crippen LogP contribution in [0.15, 0.2) is 71.3 Å². The molecule has 178 valence electrons. The highest BCUT2D eigenvalue weighted by atomic mass is 16.5. The van der Waals surface area contributed by atoms with Crippen LogP contribution in [0.3, 0.4) is 0 Å². The highest BCUT2D eigenvalue weighted by molar-refractivity contribution is 6.02. The fourth-order valence-electron chi connectivity index (χ4n) is 4.19. The van der Waals surface area contributed by atoms with Crippen LogP contribution in [0.2, 0.25) is 0 Å². The van der Waals surface area contributed by atoms with Gasteiger partial charge in [0.1, 0.15) is 5.75 Å².